The topological polar surface area (TPSA) is 49.8 Å². The van der Waals surface area contributed by atoms with E-state index in [1.165, 1.54) is 0 Å². The molecule has 0 spiro atoms. The van der Waals surface area contributed by atoms with Crippen molar-refractivity contribution >= 4 is 23.1 Å². The first-order valence-corrected chi connectivity index (χ1v) is 10.0. The van der Waals surface area contributed by atoms with E-state index in [0.717, 1.165) is 41.6 Å². The lowest BCUT2D eigenvalue weighted by atomic mass is 9.95. The molecule has 1 saturated heterocycles. The Morgan fingerprint density at radius 1 is 1.21 bits per heavy atom. The van der Waals surface area contributed by atoms with E-state index < -0.39 is 5.97 Å². The van der Waals surface area contributed by atoms with E-state index in [2.05, 4.69) is 24.0 Å². The van der Waals surface area contributed by atoms with Gasteiger partial charge in [0.15, 0.2) is 0 Å². The number of aryl methyl sites for hydroxylation is 1. The second kappa shape index (κ2) is 9.76. The van der Waals surface area contributed by atoms with Crippen molar-refractivity contribution in [3.05, 3.63) is 76.5 Å². The van der Waals surface area contributed by atoms with E-state index in [-0.39, 0.29) is 5.92 Å². The van der Waals surface area contributed by atoms with Crippen molar-refractivity contribution in [3.8, 4) is 0 Å². The summed E-state index contributed by atoms with van der Waals surface area (Å²) in [6.07, 6.45) is 3.46. The van der Waals surface area contributed by atoms with Gasteiger partial charge in [0.2, 0.25) is 0 Å². The van der Waals surface area contributed by atoms with Gasteiger partial charge >= 0.3 is 5.97 Å². The van der Waals surface area contributed by atoms with E-state index in [1.54, 1.807) is 6.26 Å². The third-order valence-corrected chi connectivity index (χ3v) is 5.51. The summed E-state index contributed by atoms with van der Waals surface area (Å²) in [6.45, 7) is 4.80. The first-order valence-electron chi connectivity index (χ1n) is 9.64. The van der Waals surface area contributed by atoms with E-state index >= 15 is 0 Å². The number of ether oxygens (including phenoxy) is 1. The molecule has 1 aliphatic heterocycles. The monoisotopic (exact) mass is 399 g/mol. The van der Waals surface area contributed by atoms with E-state index in [1.807, 2.05) is 36.4 Å². The van der Waals surface area contributed by atoms with Crippen LogP contribution in [0.3, 0.4) is 0 Å². The summed E-state index contributed by atoms with van der Waals surface area (Å²) >= 11 is 6.44. The molecular weight excluding hydrogens is 374 g/mol. The zero-order valence-electron chi connectivity index (χ0n) is 16.1. The summed E-state index contributed by atoms with van der Waals surface area (Å²) in [5.74, 6) is -0.971. The number of carboxylic acid groups (broad SMARTS) is 1. The highest BCUT2D eigenvalue weighted by Crippen LogP contribution is 2.31. The van der Waals surface area contributed by atoms with Gasteiger partial charge < -0.3 is 9.84 Å². The van der Waals surface area contributed by atoms with Crippen LogP contribution in [0, 0.1) is 12.8 Å². The molecular formula is C23H26ClNO3. The van der Waals surface area contributed by atoms with Crippen LogP contribution >= 0.6 is 11.6 Å². The molecule has 4 nitrogen and oxygen atoms in total. The lowest BCUT2D eigenvalue weighted by Crippen LogP contribution is -2.40. The van der Waals surface area contributed by atoms with Crippen molar-refractivity contribution in [1.29, 1.82) is 0 Å². The molecule has 1 heterocycles. The fraction of sp³-hybridized carbons (Fsp3) is 0.348. The molecule has 148 valence electrons. The number of halogens is 1. The number of nitrogens with zero attached hydrogens (tertiary/aromatic N) is 1. The van der Waals surface area contributed by atoms with Gasteiger partial charge in [-0.05, 0) is 43.5 Å². The van der Waals surface area contributed by atoms with E-state index in [0.29, 0.717) is 24.7 Å². The molecule has 1 fully saturated rings. The number of hydrogen-bond donors (Lipinski definition) is 1. The van der Waals surface area contributed by atoms with Crippen molar-refractivity contribution in [2.24, 2.45) is 5.92 Å². The maximum absolute atomic E-state index is 11.2. The predicted octanol–water partition coefficient (Wildman–Crippen LogP) is 4.85. The summed E-state index contributed by atoms with van der Waals surface area (Å²) < 4.78 is 5.90. The van der Waals surface area contributed by atoms with Gasteiger partial charge in [-0.25, -0.2) is 0 Å². The van der Waals surface area contributed by atoms with Crippen LogP contribution in [-0.2, 0) is 9.53 Å². The molecule has 0 saturated carbocycles. The van der Waals surface area contributed by atoms with Crippen LogP contribution in [0.5, 0.6) is 0 Å². The number of likely N-dealkylation sites (tertiary alicyclic amines) is 1. The molecule has 2 aromatic rings. The first kappa shape index (κ1) is 20.4. The highest BCUT2D eigenvalue weighted by atomic mass is 35.5. The van der Waals surface area contributed by atoms with Gasteiger partial charge in [0.05, 0.1) is 12.2 Å². The summed E-state index contributed by atoms with van der Waals surface area (Å²) in [5.41, 5.74) is 4.12. The third-order valence-electron chi connectivity index (χ3n) is 5.18. The molecule has 3 rings (SSSR count). The molecule has 0 aromatic heterocycles. The Morgan fingerprint density at radius 2 is 1.93 bits per heavy atom. The van der Waals surface area contributed by atoms with Crippen molar-refractivity contribution < 1.29 is 14.6 Å². The molecule has 28 heavy (non-hydrogen) atoms. The van der Waals surface area contributed by atoms with Gasteiger partial charge in [-0.2, -0.15) is 0 Å². The Hall–Kier alpha value is -2.30. The van der Waals surface area contributed by atoms with Crippen LogP contribution < -0.4 is 0 Å². The highest BCUT2D eigenvalue weighted by Gasteiger charge is 2.24. The molecule has 0 aliphatic carbocycles. The summed E-state index contributed by atoms with van der Waals surface area (Å²) in [6, 6.07) is 15.9. The molecule has 1 atom stereocenters. The lowest BCUT2D eigenvalue weighted by molar-refractivity contribution is -0.143. The zero-order chi connectivity index (χ0) is 19.9. The quantitative estimate of drug-likeness (QED) is 0.534. The minimum Gasteiger partial charge on any atom is -0.499 e. The second-order valence-electron chi connectivity index (χ2n) is 7.18. The van der Waals surface area contributed by atoms with Crippen LogP contribution in [0.1, 0.15) is 29.5 Å². The van der Waals surface area contributed by atoms with Gasteiger partial charge in [-0.1, -0.05) is 54.1 Å². The maximum atomic E-state index is 11.2. The van der Waals surface area contributed by atoms with Crippen LogP contribution in [-0.4, -0.2) is 42.2 Å². The largest absolute Gasteiger partial charge is 0.499 e. The molecule has 0 radical (unpaired) electrons. The number of hydrogen-bond acceptors (Lipinski definition) is 3. The SMILES string of the molecule is Cc1ccccc1/C(=C/OCCN1CCC[C@@H](C(=O)O)C1)c1ccccc1Cl. The smallest absolute Gasteiger partial charge is 0.307 e. The number of carboxylic acids is 1. The molecule has 5 heteroatoms. The first-order chi connectivity index (χ1) is 13.6. The van der Waals surface area contributed by atoms with Crippen molar-refractivity contribution in [2.75, 3.05) is 26.2 Å². The normalized spacial score (nSPS) is 18.1. The summed E-state index contributed by atoms with van der Waals surface area (Å²) in [7, 11) is 0. The Balaban J connectivity index is 1.71. The Kier molecular flexibility index (Phi) is 7.12. The van der Waals surface area contributed by atoms with E-state index in [9.17, 15) is 9.90 Å². The maximum Gasteiger partial charge on any atom is 0.307 e. The third kappa shape index (κ3) is 5.15. The van der Waals surface area contributed by atoms with Crippen LogP contribution in [0.15, 0.2) is 54.8 Å². The molecule has 2 aromatic carbocycles. The lowest BCUT2D eigenvalue weighted by Gasteiger charge is -2.30. The number of carbonyl (C=O) groups is 1. The number of piperidine rings is 1. The fourth-order valence-electron chi connectivity index (χ4n) is 3.61. The number of aliphatic carboxylic acids is 1. The van der Waals surface area contributed by atoms with Crippen LogP contribution in [0.2, 0.25) is 5.02 Å². The number of benzene rings is 2. The number of rotatable bonds is 7. The second-order valence-corrected chi connectivity index (χ2v) is 7.58. The summed E-state index contributed by atoms with van der Waals surface area (Å²) in [5, 5.41) is 9.91. The van der Waals surface area contributed by atoms with Gasteiger partial charge in [-0.3, -0.25) is 9.69 Å². The van der Waals surface area contributed by atoms with E-state index in [4.69, 9.17) is 16.3 Å². The molecule has 0 amide bonds. The minimum absolute atomic E-state index is 0.269. The van der Waals surface area contributed by atoms with Crippen molar-refractivity contribution in [3.63, 3.8) is 0 Å². The Morgan fingerprint density at radius 3 is 2.64 bits per heavy atom. The Bertz CT molecular complexity index is 802. The standard InChI is InChI=1S/C23H26ClNO3/c1-17-7-2-3-9-19(17)21(20-10-4-5-11-22(20)24)16-28-14-13-25-12-6-8-18(15-25)23(26)27/h2-5,7,9-11,16,18H,6,8,12-15H2,1H3,(H,26,27)/b21-16-/t18-/m1/s1. The zero-order valence-corrected chi connectivity index (χ0v) is 16.9. The molecule has 1 aliphatic rings. The van der Waals surface area contributed by atoms with Crippen molar-refractivity contribution in [2.45, 2.75) is 19.8 Å². The average Bonchev–Trinajstić information content (AvgIpc) is 2.70. The Labute approximate surface area is 171 Å². The van der Waals surface area contributed by atoms with Crippen molar-refractivity contribution in [1.82, 2.24) is 4.90 Å². The minimum atomic E-state index is -0.703. The summed E-state index contributed by atoms with van der Waals surface area (Å²) in [4.78, 5) is 13.4. The molecule has 1 N–H and O–H groups in total. The predicted molar refractivity (Wildman–Crippen MR) is 112 cm³/mol. The molecule has 0 bridgehead atoms. The van der Waals surface area contributed by atoms with Gasteiger partial charge in [0.25, 0.3) is 0 Å². The van der Waals surface area contributed by atoms with Gasteiger partial charge in [-0.15, -0.1) is 0 Å². The van der Waals surface area contributed by atoms with Crippen LogP contribution in [0.4, 0.5) is 0 Å². The highest BCUT2D eigenvalue weighted by molar-refractivity contribution is 6.32. The van der Waals surface area contributed by atoms with Gasteiger partial charge in [0, 0.05) is 29.2 Å². The average molecular weight is 400 g/mol. The fourth-order valence-corrected chi connectivity index (χ4v) is 3.85. The van der Waals surface area contributed by atoms with Gasteiger partial charge in [0.1, 0.15) is 6.61 Å². The van der Waals surface area contributed by atoms with Crippen LogP contribution in [0.25, 0.3) is 5.57 Å². The molecule has 0 unspecified atom stereocenters.